The number of carbonyl (C=O) groups excluding carboxylic acids is 1. The molecule has 2 heterocycles. The van der Waals surface area contributed by atoms with E-state index in [-0.39, 0.29) is 28.7 Å². The Bertz CT molecular complexity index is 733. The van der Waals surface area contributed by atoms with E-state index in [2.05, 4.69) is 27.6 Å². The number of rotatable bonds is 1. The fourth-order valence-corrected chi connectivity index (χ4v) is 7.11. The molecule has 0 saturated carbocycles. The van der Waals surface area contributed by atoms with E-state index in [1.54, 1.807) is 0 Å². The average molecular weight is 436 g/mol. The Hall–Kier alpha value is -0.610. The third kappa shape index (κ3) is 3.11. The highest BCUT2D eigenvalue weighted by molar-refractivity contribution is 14.1. The number of hydrogen-bond donors (Lipinski definition) is 0. The molecule has 2 aliphatic heterocycles. The molecule has 2 fully saturated rings. The molecule has 112 valence electrons. The Balaban J connectivity index is 2.05. The standard InChI is InChI=1S/C13H13IN2O3S2/c1-8(17)15-13-16(10-4-2-3-9(14)5-10)11-6-21(18,19)7-12(11)20-13/h2-5,11-12H,6-7H2,1H3/t11-,12+/m1/s1. The van der Waals surface area contributed by atoms with Crippen LogP contribution in [0.4, 0.5) is 5.69 Å². The van der Waals surface area contributed by atoms with Crippen LogP contribution in [-0.4, -0.2) is 42.3 Å². The maximum absolute atomic E-state index is 11.9. The number of nitrogens with zero attached hydrogens (tertiary/aromatic N) is 2. The number of carbonyl (C=O) groups is 1. The molecular formula is C13H13IN2O3S2. The smallest absolute Gasteiger partial charge is 0.244 e. The molecular weight excluding hydrogens is 423 g/mol. The first-order chi connectivity index (χ1) is 9.85. The zero-order chi connectivity index (χ0) is 15.2. The Morgan fingerprint density at radius 1 is 1.43 bits per heavy atom. The molecule has 5 nitrogen and oxygen atoms in total. The van der Waals surface area contributed by atoms with Crippen LogP contribution in [0.5, 0.6) is 0 Å². The van der Waals surface area contributed by atoms with Crippen molar-refractivity contribution in [1.82, 2.24) is 0 Å². The Labute approximate surface area is 141 Å². The normalized spacial score (nSPS) is 28.9. The lowest BCUT2D eigenvalue weighted by Gasteiger charge is -2.24. The minimum atomic E-state index is -3.01. The average Bonchev–Trinajstić information content (AvgIpc) is 2.79. The molecule has 0 aliphatic carbocycles. The summed E-state index contributed by atoms with van der Waals surface area (Å²) in [6.07, 6.45) is 0. The Morgan fingerprint density at radius 3 is 2.86 bits per heavy atom. The maximum Gasteiger partial charge on any atom is 0.244 e. The number of fused-ring (bicyclic) bond motifs is 1. The number of halogens is 1. The summed E-state index contributed by atoms with van der Waals surface area (Å²) in [5, 5.41) is 0.556. The number of sulfone groups is 1. The molecule has 1 aromatic carbocycles. The summed E-state index contributed by atoms with van der Waals surface area (Å²) in [6, 6.07) is 7.65. The minimum Gasteiger partial charge on any atom is -0.316 e. The zero-order valence-electron chi connectivity index (χ0n) is 11.2. The van der Waals surface area contributed by atoms with Crippen LogP contribution in [0, 0.1) is 3.57 Å². The maximum atomic E-state index is 11.9. The molecule has 21 heavy (non-hydrogen) atoms. The van der Waals surface area contributed by atoms with Gasteiger partial charge in [0.15, 0.2) is 15.0 Å². The second-order valence-corrected chi connectivity index (χ2v) is 9.67. The molecule has 0 unspecified atom stereocenters. The highest BCUT2D eigenvalue weighted by atomic mass is 127. The van der Waals surface area contributed by atoms with Crippen LogP contribution in [0.15, 0.2) is 29.3 Å². The van der Waals surface area contributed by atoms with Gasteiger partial charge < -0.3 is 4.90 Å². The molecule has 2 atom stereocenters. The molecule has 0 N–H and O–H groups in total. The van der Waals surface area contributed by atoms with E-state index >= 15 is 0 Å². The molecule has 0 bridgehead atoms. The lowest BCUT2D eigenvalue weighted by molar-refractivity contribution is -0.115. The van der Waals surface area contributed by atoms with Gasteiger partial charge in [-0.1, -0.05) is 17.8 Å². The number of thioether (sulfide) groups is 1. The summed E-state index contributed by atoms with van der Waals surface area (Å²) in [5.41, 5.74) is 0.888. The second-order valence-electron chi connectivity index (χ2n) is 5.06. The number of amides is 1. The van der Waals surface area contributed by atoms with Gasteiger partial charge in [-0.05, 0) is 40.8 Å². The van der Waals surface area contributed by atoms with E-state index in [1.807, 2.05) is 29.2 Å². The van der Waals surface area contributed by atoms with Crippen LogP contribution in [0.2, 0.25) is 0 Å². The van der Waals surface area contributed by atoms with Gasteiger partial charge in [-0.3, -0.25) is 4.79 Å². The van der Waals surface area contributed by atoms with Crippen molar-refractivity contribution >= 4 is 61.0 Å². The van der Waals surface area contributed by atoms with Gasteiger partial charge in [-0.15, -0.1) is 0 Å². The van der Waals surface area contributed by atoms with Crippen LogP contribution in [-0.2, 0) is 14.6 Å². The zero-order valence-corrected chi connectivity index (χ0v) is 15.0. The van der Waals surface area contributed by atoms with Crippen LogP contribution in [0.3, 0.4) is 0 Å². The number of benzene rings is 1. The molecule has 3 rings (SSSR count). The lowest BCUT2D eigenvalue weighted by Crippen LogP contribution is -2.37. The van der Waals surface area contributed by atoms with E-state index in [1.165, 1.54) is 18.7 Å². The molecule has 2 saturated heterocycles. The van der Waals surface area contributed by atoms with Gasteiger partial charge >= 0.3 is 0 Å². The summed E-state index contributed by atoms with van der Waals surface area (Å²) in [4.78, 5) is 17.3. The van der Waals surface area contributed by atoms with Gasteiger partial charge in [0.25, 0.3) is 0 Å². The number of anilines is 1. The summed E-state index contributed by atoms with van der Waals surface area (Å²) in [7, 11) is -3.01. The SMILES string of the molecule is CC(=O)N=C1S[C@H]2CS(=O)(=O)C[C@H]2N1c1cccc(I)c1. The van der Waals surface area contributed by atoms with Crippen molar-refractivity contribution in [2.75, 3.05) is 16.4 Å². The third-order valence-corrected chi connectivity index (χ3v) is 7.29. The van der Waals surface area contributed by atoms with Gasteiger partial charge in [0.2, 0.25) is 5.91 Å². The van der Waals surface area contributed by atoms with Gasteiger partial charge in [-0.2, -0.15) is 4.99 Å². The predicted octanol–water partition coefficient (Wildman–Crippen LogP) is 1.91. The Morgan fingerprint density at radius 2 is 2.19 bits per heavy atom. The van der Waals surface area contributed by atoms with Gasteiger partial charge in [0.05, 0.1) is 17.5 Å². The molecule has 0 aromatic heterocycles. The molecule has 1 amide bonds. The summed E-state index contributed by atoms with van der Waals surface area (Å²) in [5.74, 6) is 0.00295. The van der Waals surface area contributed by atoms with Crippen LogP contribution in [0.1, 0.15) is 6.92 Å². The molecule has 8 heteroatoms. The second kappa shape index (κ2) is 5.54. The minimum absolute atomic E-state index is 0.0500. The quantitative estimate of drug-likeness (QED) is 0.630. The third-order valence-electron chi connectivity index (χ3n) is 3.41. The van der Waals surface area contributed by atoms with E-state index in [4.69, 9.17) is 0 Å². The summed E-state index contributed by atoms with van der Waals surface area (Å²) >= 11 is 3.61. The van der Waals surface area contributed by atoms with Gasteiger partial charge in [0, 0.05) is 21.4 Å². The monoisotopic (exact) mass is 436 g/mol. The Kier molecular flexibility index (Phi) is 4.04. The van der Waals surface area contributed by atoms with Crippen molar-refractivity contribution in [3.63, 3.8) is 0 Å². The van der Waals surface area contributed by atoms with Crippen LogP contribution >= 0.6 is 34.4 Å². The first kappa shape index (κ1) is 15.3. The van der Waals surface area contributed by atoms with Crippen LogP contribution in [0.25, 0.3) is 0 Å². The highest BCUT2D eigenvalue weighted by Crippen LogP contribution is 2.41. The largest absolute Gasteiger partial charge is 0.316 e. The number of amidine groups is 1. The highest BCUT2D eigenvalue weighted by Gasteiger charge is 2.49. The summed E-state index contributed by atoms with van der Waals surface area (Å²) < 4.78 is 24.8. The van der Waals surface area contributed by atoms with Crippen molar-refractivity contribution in [2.24, 2.45) is 4.99 Å². The van der Waals surface area contributed by atoms with Crippen molar-refractivity contribution in [3.05, 3.63) is 27.8 Å². The van der Waals surface area contributed by atoms with Gasteiger partial charge in [-0.25, -0.2) is 8.42 Å². The molecule has 0 spiro atoms. The van der Waals surface area contributed by atoms with Crippen LogP contribution < -0.4 is 4.90 Å². The van der Waals surface area contributed by atoms with E-state index < -0.39 is 9.84 Å². The first-order valence-corrected chi connectivity index (χ1v) is 10.1. The molecule has 0 radical (unpaired) electrons. The number of hydrogen-bond acceptors (Lipinski definition) is 4. The predicted molar refractivity (Wildman–Crippen MR) is 93.6 cm³/mol. The van der Waals surface area contributed by atoms with Crippen molar-refractivity contribution in [1.29, 1.82) is 0 Å². The molecule has 2 aliphatic rings. The fourth-order valence-electron chi connectivity index (χ4n) is 2.63. The van der Waals surface area contributed by atoms with Crippen molar-refractivity contribution in [3.8, 4) is 0 Å². The van der Waals surface area contributed by atoms with E-state index in [9.17, 15) is 13.2 Å². The van der Waals surface area contributed by atoms with E-state index in [0.29, 0.717) is 5.17 Å². The van der Waals surface area contributed by atoms with E-state index in [0.717, 1.165) is 9.26 Å². The molecule has 1 aromatic rings. The first-order valence-electron chi connectivity index (χ1n) is 6.37. The lowest BCUT2D eigenvalue weighted by atomic mass is 10.2. The summed E-state index contributed by atoms with van der Waals surface area (Å²) in [6.45, 7) is 1.41. The van der Waals surface area contributed by atoms with Crippen molar-refractivity contribution in [2.45, 2.75) is 18.2 Å². The number of aliphatic imine (C=N–C) groups is 1. The topological polar surface area (TPSA) is 66.8 Å². The van der Waals surface area contributed by atoms with Gasteiger partial charge in [0.1, 0.15) is 0 Å². The van der Waals surface area contributed by atoms with Crippen molar-refractivity contribution < 1.29 is 13.2 Å². The fraction of sp³-hybridized carbons (Fsp3) is 0.385.